The number of aryl methyl sites for hydroxylation is 2. The van der Waals surface area contributed by atoms with Crippen LogP contribution < -0.4 is 11.1 Å². The number of benzene rings is 1. The zero-order valence-corrected chi connectivity index (χ0v) is 12.5. The molecule has 1 amide bonds. The zero-order valence-electron chi connectivity index (χ0n) is 12.5. The first kappa shape index (κ1) is 15.0. The average molecular weight is 275 g/mol. The fraction of sp³-hybridized carbons (Fsp3) is 0.562. The van der Waals surface area contributed by atoms with E-state index in [2.05, 4.69) is 10.2 Å². The van der Waals surface area contributed by atoms with Gasteiger partial charge in [-0.25, -0.2) is 0 Å². The summed E-state index contributed by atoms with van der Waals surface area (Å²) in [7, 11) is 0. The summed E-state index contributed by atoms with van der Waals surface area (Å²) in [6.45, 7) is 7.69. The third-order valence-electron chi connectivity index (χ3n) is 4.08. The van der Waals surface area contributed by atoms with E-state index < -0.39 is 0 Å². The van der Waals surface area contributed by atoms with Crippen molar-refractivity contribution in [1.82, 2.24) is 10.2 Å². The van der Waals surface area contributed by atoms with E-state index in [9.17, 15) is 4.79 Å². The molecule has 1 aromatic carbocycles. The highest BCUT2D eigenvalue weighted by Crippen LogP contribution is 2.15. The molecule has 1 aliphatic rings. The minimum absolute atomic E-state index is 0.0675. The van der Waals surface area contributed by atoms with Crippen molar-refractivity contribution in [2.45, 2.75) is 32.7 Å². The molecule has 3 N–H and O–H groups in total. The van der Waals surface area contributed by atoms with E-state index in [1.165, 1.54) is 0 Å². The molecular weight excluding hydrogens is 250 g/mol. The number of likely N-dealkylation sites (tertiary alicyclic amines) is 1. The number of rotatable bonds is 4. The van der Waals surface area contributed by atoms with Gasteiger partial charge in [-0.3, -0.25) is 4.79 Å². The van der Waals surface area contributed by atoms with Crippen molar-refractivity contribution >= 4 is 5.91 Å². The minimum Gasteiger partial charge on any atom is -0.349 e. The number of carbonyl (C=O) groups excluding carboxylic acids is 1. The van der Waals surface area contributed by atoms with Crippen molar-refractivity contribution < 1.29 is 4.79 Å². The van der Waals surface area contributed by atoms with Crippen LogP contribution in [0.5, 0.6) is 0 Å². The van der Waals surface area contributed by atoms with Gasteiger partial charge in [0, 0.05) is 37.8 Å². The standard InChI is InChI=1S/C16H25N3O/c1-12-4-3-5-13(2)15(12)16(20)18-14-6-9-19(10-7-14)11-8-17/h3-5,14H,6-11,17H2,1-2H3,(H,18,20). The highest BCUT2D eigenvalue weighted by Gasteiger charge is 2.21. The zero-order chi connectivity index (χ0) is 14.5. The summed E-state index contributed by atoms with van der Waals surface area (Å²) in [4.78, 5) is 14.8. The number of nitrogens with one attached hydrogen (secondary N) is 1. The number of nitrogens with zero attached hydrogens (tertiary/aromatic N) is 1. The van der Waals surface area contributed by atoms with Crippen LogP contribution in [-0.4, -0.2) is 43.0 Å². The summed E-state index contributed by atoms with van der Waals surface area (Å²) in [6, 6.07) is 6.26. The Kier molecular flexibility index (Phi) is 5.15. The molecule has 2 rings (SSSR count). The first-order valence-electron chi connectivity index (χ1n) is 7.41. The molecule has 1 fully saturated rings. The molecule has 1 heterocycles. The van der Waals surface area contributed by atoms with Crippen LogP contribution in [0.25, 0.3) is 0 Å². The van der Waals surface area contributed by atoms with Crippen LogP contribution in [0.15, 0.2) is 18.2 Å². The second-order valence-electron chi connectivity index (χ2n) is 5.64. The summed E-state index contributed by atoms with van der Waals surface area (Å²) in [5.74, 6) is 0.0675. The first-order chi connectivity index (χ1) is 9.61. The van der Waals surface area contributed by atoms with Crippen LogP contribution >= 0.6 is 0 Å². The Balaban J connectivity index is 1.93. The summed E-state index contributed by atoms with van der Waals surface area (Å²) in [5, 5.41) is 3.18. The molecular formula is C16H25N3O. The Morgan fingerprint density at radius 3 is 2.45 bits per heavy atom. The largest absolute Gasteiger partial charge is 0.349 e. The highest BCUT2D eigenvalue weighted by molar-refractivity contribution is 5.97. The monoisotopic (exact) mass is 275 g/mol. The van der Waals surface area contributed by atoms with E-state index in [-0.39, 0.29) is 11.9 Å². The van der Waals surface area contributed by atoms with E-state index in [4.69, 9.17) is 5.73 Å². The molecule has 0 unspecified atom stereocenters. The number of carbonyl (C=O) groups is 1. The third kappa shape index (κ3) is 3.58. The maximum absolute atomic E-state index is 12.4. The quantitative estimate of drug-likeness (QED) is 0.874. The fourth-order valence-corrected chi connectivity index (χ4v) is 2.91. The molecule has 4 heteroatoms. The van der Waals surface area contributed by atoms with Gasteiger partial charge in [-0.1, -0.05) is 18.2 Å². The smallest absolute Gasteiger partial charge is 0.252 e. The SMILES string of the molecule is Cc1cccc(C)c1C(=O)NC1CCN(CCN)CC1. The number of piperidine rings is 1. The van der Waals surface area contributed by atoms with Gasteiger partial charge in [-0.2, -0.15) is 0 Å². The van der Waals surface area contributed by atoms with Crippen molar-refractivity contribution in [2.75, 3.05) is 26.2 Å². The Hall–Kier alpha value is -1.39. The number of hydrogen-bond donors (Lipinski definition) is 2. The predicted molar refractivity (Wildman–Crippen MR) is 81.9 cm³/mol. The van der Waals surface area contributed by atoms with Gasteiger partial charge in [0.15, 0.2) is 0 Å². The Morgan fingerprint density at radius 1 is 1.30 bits per heavy atom. The van der Waals surface area contributed by atoms with E-state index in [0.29, 0.717) is 6.54 Å². The minimum atomic E-state index is 0.0675. The molecule has 0 aliphatic carbocycles. The van der Waals surface area contributed by atoms with E-state index in [1.54, 1.807) is 0 Å². The van der Waals surface area contributed by atoms with E-state index in [0.717, 1.165) is 49.2 Å². The topological polar surface area (TPSA) is 58.4 Å². The normalized spacial score (nSPS) is 17.1. The first-order valence-corrected chi connectivity index (χ1v) is 7.41. The van der Waals surface area contributed by atoms with Crippen LogP contribution in [0.4, 0.5) is 0 Å². The van der Waals surface area contributed by atoms with E-state index in [1.807, 2.05) is 32.0 Å². The molecule has 0 aromatic heterocycles. The van der Waals surface area contributed by atoms with Crippen LogP contribution in [0.2, 0.25) is 0 Å². The Labute approximate surface area is 121 Å². The van der Waals surface area contributed by atoms with Crippen molar-refractivity contribution in [3.63, 3.8) is 0 Å². The summed E-state index contributed by atoms with van der Waals surface area (Å²) in [5.41, 5.74) is 8.49. The van der Waals surface area contributed by atoms with Crippen LogP contribution in [0, 0.1) is 13.8 Å². The second kappa shape index (κ2) is 6.86. The maximum Gasteiger partial charge on any atom is 0.252 e. The van der Waals surface area contributed by atoms with Crippen molar-refractivity contribution in [1.29, 1.82) is 0 Å². The molecule has 20 heavy (non-hydrogen) atoms. The lowest BCUT2D eigenvalue weighted by Crippen LogP contribution is -2.46. The summed E-state index contributed by atoms with van der Waals surface area (Å²) < 4.78 is 0. The molecule has 1 aromatic rings. The van der Waals surface area contributed by atoms with Crippen molar-refractivity contribution in [2.24, 2.45) is 5.73 Å². The van der Waals surface area contributed by atoms with E-state index >= 15 is 0 Å². The van der Waals surface area contributed by atoms with Gasteiger partial charge in [-0.15, -0.1) is 0 Å². The van der Waals surface area contributed by atoms with Crippen LogP contribution in [0.1, 0.15) is 34.3 Å². The van der Waals surface area contributed by atoms with Crippen LogP contribution in [-0.2, 0) is 0 Å². The lowest BCUT2D eigenvalue weighted by Gasteiger charge is -2.32. The molecule has 1 aliphatic heterocycles. The van der Waals surface area contributed by atoms with Gasteiger partial charge in [0.2, 0.25) is 0 Å². The van der Waals surface area contributed by atoms with Gasteiger partial charge in [0.05, 0.1) is 0 Å². The van der Waals surface area contributed by atoms with Gasteiger partial charge < -0.3 is 16.0 Å². The third-order valence-corrected chi connectivity index (χ3v) is 4.08. The molecule has 110 valence electrons. The lowest BCUT2D eigenvalue weighted by atomic mass is 10.00. The maximum atomic E-state index is 12.4. The van der Waals surface area contributed by atoms with Crippen molar-refractivity contribution in [3.8, 4) is 0 Å². The summed E-state index contributed by atoms with van der Waals surface area (Å²) >= 11 is 0. The average Bonchev–Trinajstić information content (AvgIpc) is 2.41. The fourth-order valence-electron chi connectivity index (χ4n) is 2.91. The van der Waals surface area contributed by atoms with Gasteiger partial charge in [0.25, 0.3) is 5.91 Å². The van der Waals surface area contributed by atoms with Gasteiger partial charge in [-0.05, 0) is 37.8 Å². The number of amides is 1. The van der Waals surface area contributed by atoms with Gasteiger partial charge in [0.1, 0.15) is 0 Å². The lowest BCUT2D eigenvalue weighted by molar-refractivity contribution is 0.0910. The number of nitrogens with two attached hydrogens (primary N) is 1. The molecule has 0 spiro atoms. The second-order valence-corrected chi connectivity index (χ2v) is 5.64. The van der Waals surface area contributed by atoms with Crippen LogP contribution in [0.3, 0.4) is 0 Å². The molecule has 0 saturated carbocycles. The van der Waals surface area contributed by atoms with Gasteiger partial charge >= 0.3 is 0 Å². The predicted octanol–water partition coefficient (Wildman–Crippen LogP) is 1.46. The molecule has 4 nitrogen and oxygen atoms in total. The molecule has 1 saturated heterocycles. The molecule has 0 bridgehead atoms. The Morgan fingerprint density at radius 2 is 1.90 bits per heavy atom. The molecule has 0 atom stereocenters. The summed E-state index contributed by atoms with van der Waals surface area (Å²) in [6.07, 6.45) is 2.02. The highest BCUT2D eigenvalue weighted by atomic mass is 16.1. The molecule has 0 radical (unpaired) electrons. The Bertz CT molecular complexity index is 445. The number of hydrogen-bond acceptors (Lipinski definition) is 3. The van der Waals surface area contributed by atoms with Crippen molar-refractivity contribution in [3.05, 3.63) is 34.9 Å².